The van der Waals surface area contributed by atoms with Crippen molar-refractivity contribution in [3.8, 4) is 0 Å². The maximum atomic E-state index is 12.6. The van der Waals surface area contributed by atoms with E-state index in [1.165, 1.54) is 5.56 Å². The van der Waals surface area contributed by atoms with Crippen molar-refractivity contribution < 1.29 is 4.79 Å². The van der Waals surface area contributed by atoms with Crippen LogP contribution in [0.4, 0.5) is 0 Å². The van der Waals surface area contributed by atoms with Gasteiger partial charge in [0.05, 0.1) is 6.54 Å². The van der Waals surface area contributed by atoms with Gasteiger partial charge in [0.1, 0.15) is 0 Å². The van der Waals surface area contributed by atoms with Crippen LogP contribution in [0.3, 0.4) is 0 Å². The van der Waals surface area contributed by atoms with Crippen molar-refractivity contribution in [2.75, 3.05) is 52.4 Å². The zero-order valence-corrected chi connectivity index (χ0v) is 15.0. The highest BCUT2D eigenvalue weighted by atomic mass is 16.2. The second-order valence-corrected chi connectivity index (χ2v) is 7.22. The smallest absolute Gasteiger partial charge is 0.236 e. The molecule has 0 aliphatic carbocycles. The van der Waals surface area contributed by atoms with E-state index in [1.807, 2.05) is 0 Å². The molecule has 0 bridgehead atoms. The number of hydrogen-bond donors (Lipinski definition) is 0. The van der Waals surface area contributed by atoms with Crippen molar-refractivity contribution in [1.82, 2.24) is 14.7 Å². The maximum Gasteiger partial charge on any atom is 0.236 e. The second kappa shape index (κ2) is 8.63. The molecule has 2 aliphatic heterocycles. The molecule has 0 N–H and O–H groups in total. The number of nitrogens with zero attached hydrogens (tertiary/aromatic N) is 3. The number of piperidine rings is 1. The van der Waals surface area contributed by atoms with E-state index in [1.54, 1.807) is 0 Å². The van der Waals surface area contributed by atoms with Crippen LogP contribution >= 0.6 is 0 Å². The predicted octanol–water partition coefficient (Wildman–Crippen LogP) is 2.11. The van der Waals surface area contributed by atoms with E-state index in [-0.39, 0.29) is 0 Å². The molecule has 132 valence electrons. The van der Waals surface area contributed by atoms with Crippen LogP contribution in [0, 0.1) is 5.92 Å². The number of amides is 1. The first-order valence-corrected chi connectivity index (χ1v) is 9.51. The highest BCUT2D eigenvalue weighted by Gasteiger charge is 2.25. The van der Waals surface area contributed by atoms with Crippen molar-refractivity contribution in [3.05, 3.63) is 35.9 Å². The van der Waals surface area contributed by atoms with Crippen LogP contribution < -0.4 is 0 Å². The Morgan fingerprint density at radius 2 is 1.58 bits per heavy atom. The number of piperazine rings is 1. The summed E-state index contributed by atoms with van der Waals surface area (Å²) in [6.45, 7) is 10.1. The van der Waals surface area contributed by atoms with Crippen molar-refractivity contribution in [2.45, 2.75) is 26.2 Å². The SMILES string of the molecule is CCN1CCN(CC(=O)N2CCC(Cc3ccccc3)CC2)CC1. The minimum absolute atomic E-state index is 0.332. The third-order valence-electron chi connectivity index (χ3n) is 5.61. The lowest BCUT2D eigenvalue weighted by Crippen LogP contribution is -2.50. The topological polar surface area (TPSA) is 26.8 Å². The first-order chi connectivity index (χ1) is 11.7. The van der Waals surface area contributed by atoms with Gasteiger partial charge in [-0.05, 0) is 37.3 Å². The third kappa shape index (κ3) is 4.81. The lowest BCUT2D eigenvalue weighted by Gasteiger charge is -2.36. The molecule has 24 heavy (non-hydrogen) atoms. The van der Waals surface area contributed by atoms with E-state index >= 15 is 0 Å². The molecule has 4 nitrogen and oxygen atoms in total. The van der Waals surface area contributed by atoms with E-state index in [4.69, 9.17) is 0 Å². The van der Waals surface area contributed by atoms with Crippen molar-refractivity contribution in [1.29, 1.82) is 0 Å². The Kier molecular flexibility index (Phi) is 6.27. The van der Waals surface area contributed by atoms with Gasteiger partial charge in [-0.15, -0.1) is 0 Å². The van der Waals surface area contributed by atoms with Gasteiger partial charge in [-0.3, -0.25) is 9.69 Å². The third-order valence-corrected chi connectivity index (χ3v) is 5.61. The molecular formula is C20H31N3O. The maximum absolute atomic E-state index is 12.6. The van der Waals surface area contributed by atoms with Gasteiger partial charge in [0.15, 0.2) is 0 Å². The fourth-order valence-corrected chi connectivity index (χ4v) is 3.89. The Morgan fingerprint density at radius 3 is 2.21 bits per heavy atom. The van der Waals surface area contributed by atoms with Gasteiger partial charge in [0.2, 0.25) is 5.91 Å². The fraction of sp³-hybridized carbons (Fsp3) is 0.650. The van der Waals surface area contributed by atoms with E-state index in [9.17, 15) is 4.79 Å². The van der Waals surface area contributed by atoms with Gasteiger partial charge >= 0.3 is 0 Å². The molecule has 0 spiro atoms. The molecule has 2 saturated heterocycles. The fourth-order valence-electron chi connectivity index (χ4n) is 3.89. The number of hydrogen-bond acceptors (Lipinski definition) is 3. The average Bonchev–Trinajstić information content (AvgIpc) is 2.64. The second-order valence-electron chi connectivity index (χ2n) is 7.22. The van der Waals surface area contributed by atoms with Gasteiger partial charge in [0.25, 0.3) is 0 Å². The summed E-state index contributed by atoms with van der Waals surface area (Å²) in [5, 5.41) is 0. The number of benzene rings is 1. The number of carbonyl (C=O) groups is 1. The predicted molar refractivity (Wildman–Crippen MR) is 98.0 cm³/mol. The molecule has 0 aromatic heterocycles. The zero-order chi connectivity index (χ0) is 16.8. The molecule has 3 rings (SSSR count). The highest BCUT2D eigenvalue weighted by Crippen LogP contribution is 2.21. The molecule has 0 unspecified atom stereocenters. The molecule has 1 amide bonds. The number of likely N-dealkylation sites (tertiary alicyclic amines) is 1. The Balaban J connectivity index is 1.39. The van der Waals surface area contributed by atoms with E-state index in [0.717, 1.165) is 71.0 Å². The van der Waals surface area contributed by atoms with Crippen LogP contribution in [0.5, 0.6) is 0 Å². The number of likely N-dealkylation sites (N-methyl/N-ethyl adjacent to an activating group) is 1. The Morgan fingerprint density at radius 1 is 0.958 bits per heavy atom. The average molecular weight is 329 g/mol. The van der Waals surface area contributed by atoms with Crippen LogP contribution in [0.15, 0.2) is 30.3 Å². The Labute approximate surface area is 146 Å². The summed E-state index contributed by atoms with van der Waals surface area (Å²) < 4.78 is 0. The summed E-state index contributed by atoms with van der Waals surface area (Å²) in [4.78, 5) is 19.4. The first kappa shape index (κ1) is 17.4. The van der Waals surface area contributed by atoms with E-state index in [0.29, 0.717) is 12.5 Å². The molecule has 0 saturated carbocycles. The molecule has 1 aromatic rings. The minimum atomic E-state index is 0.332. The van der Waals surface area contributed by atoms with E-state index < -0.39 is 0 Å². The summed E-state index contributed by atoms with van der Waals surface area (Å²) in [5.41, 5.74) is 1.43. The van der Waals surface area contributed by atoms with Gasteiger partial charge in [-0.25, -0.2) is 0 Å². The van der Waals surface area contributed by atoms with Gasteiger partial charge in [-0.1, -0.05) is 37.3 Å². The molecule has 1 aromatic carbocycles. The van der Waals surface area contributed by atoms with Crippen LogP contribution in [0.25, 0.3) is 0 Å². The summed E-state index contributed by atoms with van der Waals surface area (Å²) in [5.74, 6) is 1.06. The molecule has 4 heteroatoms. The first-order valence-electron chi connectivity index (χ1n) is 9.51. The number of carbonyl (C=O) groups excluding carboxylic acids is 1. The normalized spacial score (nSPS) is 21.1. The molecule has 0 atom stereocenters. The summed E-state index contributed by atoms with van der Waals surface area (Å²) in [7, 11) is 0. The molecule has 2 aliphatic rings. The standard InChI is InChI=1S/C20H31N3O/c1-2-21-12-14-22(15-13-21)17-20(24)23-10-8-19(9-11-23)16-18-6-4-3-5-7-18/h3-7,19H,2,8-17H2,1H3. The lowest BCUT2D eigenvalue weighted by atomic mass is 9.90. The minimum Gasteiger partial charge on any atom is -0.342 e. The molecule has 2 fully saturated rings. The largest absolute Gasteiger partial charge is 0.342 e. The quantitative estimate of drug-likeness (QED) is 0.828. The zero-order valence-electron chi connectivity index (χ0n) is 15.0. The van der Waals surface area contributed by atoms with Gasteiger partial charge in [0, 0.05) is 39.3 Å². The van der Waals surface area contributed by atoms with Crippen molar-refractivity contribution in [2.24, 2.45) is 5.92 Å². The van der Waals surface area contributed by atoms with Crippen molar-refractivity contribution in [3.63, 3.8) is 0 Å². The summed E-state index contributed by atoms with van der Waals surface area (Å²) in [6, 6.07) is 10.7. The van der Waals surface area contributed by atoms with E-state index in [2.05, 4.69) is 52.0 Å². The lowest BCUT2D eigenvalue weighted by molar-refractivity contribution is -0.134. The Hall–Kier alpha value is -1.39. The van der Waals surface area contributed by atoms with Gasteiger partial charge in [-0.2, -0.15) is 0 Å². The molecular weight excluding hydrogens is 298 g/mol. The highest BCUT2D eigenvalue weighted by molar-refractivity contribution is 5.78. The Bertz CT molecular complexity index is 503. The van der Waals surface area contributed by atoms with Crippen LogP contribution in [0.1, 0.15) is 25.3 Å². The summed E-state index contributed by atoms with van der Waals surface area (Å²) in [6.07, 6.45) is 3.44. The van der Waals surface area contributed by atoms with Crippen LogP contribution in [-0.2, 0) is 11.2 Å². The van der Waals surface area contributed by atoms with Crippen molar-refractivity contribution >= 4 is 5.91 Å². The van der Waals surface area contributed by atoms with Gasteiger partial charge < -0.3 is 9.80 Å². The molecule has 0 radical (unpaired) electrons. The summed E-state index contributed by atoms with van der Waals surface area (Å²) >= 11 is 0. The molecule has 2 heterocycles. The van der Waals surface area contributed by atoms with Crippen LogP contribution in [0.2, 0.25) is 0 Å². The van der Waals surface area contributed by atoms with Crippen LogP contribution in [-0.4, -0.2) is 73.0 Å². The number of rotatable bonds is 5. The monoisotopic (exact) mass is 329 g/mol.